The summed E-state index contributed by atoms with van der Waals surface area (Å²) in [7, 11) is -4.20. The summed E-state index contributed by atoms with van der Waals surface area (Å²) in [4.78, 5) is 12.2. The van der Waals surface area contributed by atoms with Gasteiger partial charge in [0.1, 0.15) is 11.6 Å². The van der Waals surface area contributed by atoms with Crippen molar-refractivity contribution >= 4 is 16.4 Å². The molecule has 22 heavy (non-hydrogen) atoms. The maximum atomic E-state index is 12.2. The first kappa shape index (κ1) is 16.3. The average Bonchev–Trinajstić information content (AvgIpc) is 2.72. The van der Waals surface area contributed by atoms with E-state index < -0.39 is 28.0 Å². The molecular weight excluding hydrogens is 308 g/mol. The van der Waals surface area contributed by atoms with Gasteiger partial charge in [0.15, 0.2) is 0 Å². The lowest BCUT2D eigenvalue weighted by Crippen LogP contribution is -2.39. The number of nitriles is 1. The number of carbonyl (C=O) groups is 1. The van der Waals surface area contributed by atoms with Crippen LogP contribution >= 0.6 is 0 Å². The summed E-state index contributed by atoms with van der Waals surface area (Å²) < 4.78 is 34.4. The van der Waals surface area contributed by atoms with E-state index in [1.54, 1.807) is 39.0 Å². The van der Waals surface area contributed by atoms with Crippen molar-refractivity contribution in [2.24, 2.45) is 0 Å². The van der Waals surface area contributed by atoms with Crippen molar-refractivity contribution in [2.45, 2.75) is 32.4 Å². The second kappa shape index (κ2) is 5.59. The second-order valence-electron chi connectivity index (χ2n) is 5.77. The Bertz CT molecular complexity index is 730. The Hall–Kier alpha value is -2.11. The molecular formula is C14H16N2O5S. The molecule has 1 aromatic rings. The molecule has 1 saturated heterocycles. The molecule has 0 unspecified atom stereocenters. The van der Waals surface area contributed by atoms with Gasteiger partial charge in [-0.15, -0.1) is 0 Å². The van der Waals surface area contributed by atoms with Crippen LogP contribution in [0.3, 0.4) is 0 Å². The van der Waals surface area contributed by atoms with Gasteiger partial charge in [0.2, 0.25) is 0 Å². The minimum Gasteiger partial charge on any atom is -0.443 e. The molecule has 0 spiro atoms. The molecule has 2 rings (SSSR count). The Morgan fingerprint density at radius 2 is 2.14 bits per heavy atom. The standard InChI is InChI=1S/C14H16N2O5S/c1-14(2,3)21-13(17)16-12(9-20-22(16,18)19)11-6-4-5-10(7-11)8-15/h4-7,12H,9H2,1-3H3/t12-/m1/s1. The van der Waals surface area contributed by atoms with Crippen LogP contribution in [0.5, 0.6) is 0 Å². The Kier molecular flexibility index (Phi) is 4.13. The molecule has 0 aliphatic carbocycles. The SMILES string of the molecule is CC(C)(C)OC(=O)N1[C@@H](c2cccc(C#N)c2)COS1(=O)=O. The quantitative estimate of drug-likeness (QED) is 0.785. The molecule has 0 saturated carbocycles. The Morgan fingerprint density at radius 3 is 2.73 bits per heavy atom. The maximum absolute atomic E-state index is 12.2. The molecule has 1 atom stereocenters. The minimum absolute atomic E-state index is 0.212. The zero-order chi connectivity index (χ0) is 16.5. The van der Waals surface area contributed by atoms with E-state index in [9.17, 15) is 13.2 Å². The predicted octanol–water partition coefficient (Wildman–Crippen LogP) is 2.11. The van der Waals surface area contributed by atoms with Crippen LogP contribution in [0, 0.1) is 11.3 Å². The molecule has 1 amide bonds. The Balaban J connectivity index is 2.38. The number of ether oxygens (including phenoxy) is 1. The number of amides is 1. The van der Waals surface area contributed by atoms with Crippen LogP contribution in [0.1, 0.15) is 37.9 Å². The summed E-state index contributed by atoms with van der Waals surface area (Å²) in [6, 6.07) is 7.47. The van der Waals surface area contributed by atoms with Crippen molar-refractivity contribution in [3.63, 3.8) is 0 Å². The van der Waals surface area contributed by atoms with E-state index in [1.807, 2.05) is 6.07 Å². The lowest BCUT2D eigenvalue weighted by atomic mass is 10.1. The molecule has 1 fully saturated rings. The molecule has 0 bridgehead atoms. The van der Waals surface area contributed by atoms with E-state index >= 15 is 0 Å². The van der Waals surface area contributed by atoms with Crippen LogP contribution in [0.2, 0.25) is 0 Å². The van der Waals surface area contributed by atoms with Crippen LogP contribution in [0.25, 0.3) is 0 Å². The van der Waals surface area contributed by atoms with Crippen LogP contribution in [0.15, 0.2) is 24.3 Å². The van der Waals surface area contributed by atoms with Crippen LogP contribution in [-0.2, 0) is 19.2 Å². The first-order valence-electron chi connectivity index (χ1n) is 6.56. The van der Waals surface area contributed by atoms with Gasteiger partial charge in [-0.2, -0.15) is 18.0 Å². The van der Waals surface area contributed by atoms with Gasteiger partial charge in [-0.1, -0.05) is 12.1 Å². The van der Waals surface area contributed by atoms with Gasteiger partial charge in [-0.05, 0) is 38.5 Å². The third-order valence-electron chi connectivity index (χ3n) is 2.87. The van der Waals surface area contributed by atoms with Gasteiger partial charge >= 0.3 is 16.4 Å². The number of rotatable bonds is 1. The highest BCUT2D eigenvalue weighted by Gasteiger charge is 2.45. The first-order chi connectivity index (χ1) is 10.1. The van der Waals surface area contributed by atoms with E-state index in [0.29, 0.717) is 15.4 Å². The van der Waals surface area contributed by atoms with Crippen LogP contribution < -0.4 is 0 Å². The van der Waals surface area contributed by atoms with Crippen molar-refractivity contribution in [3.8, 4) is 6.07 Å². The van der Waals surface area contributed by atoms with Gasteiger partial charge < -0.3 is 4.74 Å². The highest BCUT2D eigenvalue weighted by Crippen LogP contribution is 2.33. The van der Waals surface area contributed by atoms with E-state index in [1.165, 1.54) is 6.07 Å². The summed E-state index contributed by atoms with van der Waals surface area (Å²) in [5, 5.41) is 8.93. The summed E-state index contributed by atoms with van der Waals surface area (Å²) in [5.41, 5.74) is 0.0192. The number of carbonyl (C=O) groups excluding carboxylic acids is 1. The maximum Gasteiger partial charge on any atom is 0.426 e. The summed E-state index contributed by atoms with van der Waals surface area (Å²) >= 11 is 0. The molecule has 1 aliphatic heterocycles. The first-order valence-corrected chi connectivity index (χ1v) is 7.92. The molecule has 0 aromatic heterocycles. The van der Waals surface area contributed by atoms with E-state index in [0.717, 1.165) is 0 Å². The van der Waals surface area contributed by atoms with Gasteiger partial charge in [0, 0.05) is 0 Å². The van der Waals surface area contributed by atoms with Gasteiger partial charge in [0.25, 0.3) is 0 Å². The number of nitrogens with zero attached hydrogens (tertiary/aromatic N) is 2. The molecule has 0 radical (unpaired) electrons. The smallest absolute Gasteiger partial charge is 0.426 e. The molecule has 1 heterocycles. The summed E-state index contributed by atoms with van der Waals surface area (Å²) in [6.45, 7) is 4.70. The number of hydrogen-bond donors (Lipinski definition) is 0. The van der Waals surface area contributed by atoms with Crippen molar-refractivity contribution in [2.75, 3.05) is 6.61 Å². The van der Waals surface area contributed by atoms with Crippen molar-refractivity contribution in [3.05, 3.63) is 35.4 Å². The number of benzene rings is 1. The zero-order valence-corrected chi connectivity index (χ0v) is 13.3. The van der Waals surface area contributed by atoms with Crippen molar-refractivity contribution in [1.82, 2.24) is 4.31 Å². The van der Waals surface area contributed by atoms with Crippen molar-refractivity contribution in [1.29, 1.82) is 5.26 Å². The molecule has 1 aromatic carbocycles. The third kappa shape index (κ3) is 3.37. The Labute approximate surface area is 129 Å². The average molecular weight is 324 g/mol. The zero-order valence-electron chi connectivity index (χ0n) is 12.4. The van der Waals surface area contributed by atoms with Crippen LogP contribution in [0.4, 0.5) is 4.79 Å². The highest BCUT2D eigenvalue weighted by molar-refractivity contribution is 7.85. The fourth-order valence-electron chi connectivity index (χ4n) is 2.00. The topological polar surface area (TPSA) is 96.7 Å². The second-order valence-corrected chi connectivity index (χ2v) is 7.26. The monoisotopic (exact) mass is 324 g/mol. The van der Waals surface area contributed by atoms with Crippen molar-refractivity contribution < 1.29 is 22.1 Å². The van der Waals surface area contributed by atoms with Gasteiger partial charge in [-0.3, -0.25) is 4.18 Å². The molecule has 0 N–H and O–H groups in total. The fourth-order valence-corrected chi connectivity index (χ4v) is 3.13. The summed E-state index contributed by atoms with van der Waals surface area (Å²) in [6.07, 6.45) is -1.00. The van der Waals surface area contributed by atoms with Gasteiger partial charge in [-0.25, -0.2) is 4.79 Å². The van der Waals surface area contributed by atoms with Crippen LogP contribution in [-0.4, -0.2) is 31.0 Å². The molecule has 118 valence electrons. The fraction of sp³-hybridized carbons (Fsp3) is 0.429. The third-order valence-corrected chi connectivity index (χ3v) is 4.19. The molecule has 8 heteroatoms. The molecule has 7 nitrogen and oxygen atoms in total. The van der Waals surface area contributed by atoms with E-state index in [-0.39, 0.29) is 6.61 Å². The Morgan fingerprint density at radius 1 is 1.45 bits per heavy atom. The number of hydrogen-bond acceptors (Lipinski definition) is 6. The lowest BCUT2D eigenvalue weighted by Gasteiger charge is -2.26. The largest absolute Gasteiger partial charge is 0.443 e. The minimum atomic E-state index is -4.20. The van der Waals surface area contributed by atoms with Gasteiger partial charge in [0.05, 0.1) is 18.2 Å². The summed E-state index contributed by atoms with van der Waals surface area (Å²) in [5.74, 6) is 0. The predicted molar refractivity (Wildman–Crippen MR) is 76.8 cm³/mol. The van der Waals surface area contributed by atoms with E-state index in [4.69, 9.17) is 14.2 Å². The normalized spacial score (nSPS) is 20.5. The molecule has 1 aliphatic rings. The highest BCUT2D eigenvalue weighted by atomic mass is 32.2. The van der Waals surface area contributed by atoms with E-state index in [2.05, 4.69) is 0 Å². The lowest BCUT2D eigenvalue weighted by molar-refractivity contribution is 0.0356.